The monoisotopic (exact) mass is 317 g/mol. The molecule has 0 aromatic heterocycles. The lowest BCUT2D eigenvalue weighted by Gasteiger charge is -2.23. The third-order valence-corrected chi connectivity index (χ3v) is 5.03. The van der Waals surface area contributed by atoms with Crippen LogP contribution in [0.25, 0.3) is 0 Å². The lowest BCUT2D eigenvalue weighted by molar-refractivity contribution is 0.332. The summed E-state index contributed by atoms with van der Waals surface area (Å²) in [5.74, 6) is -0.738. The first-order valence-electron chi connectivity index (χ1n) is 6.96. The molecule has 0 saturated heterocycles. The van der Waals surface area contributed by atoms with E-state index in [1.54, 1.807) is 0 Å². The highest BCUT2D eigenvalue weighted by atomic mass is 32.2. The van der Waals surface area contributed by atoms with Crippen molar-refractivity contribution in [2.45, 2.75) is 24.8 Å². The third-order valence-electron chi connectivity index (χ3n) is 3.12. The largest absolute Gasteiger partial charge is 0.326 e. The van der Waals surface area contributed by atoms with Crippen LogP contribution >= 0.6 is 0 Å². The van der Waals surface area contributed by atoms with E-state index >= 15 is 0 Å². The second-order valence-corrected chi connectivity index (χ2v) is 7.08. The molecule has 120 valence electrons. The maximum absolute atomic E-state index is 13.9. The zero-order valence-corrected chi connectivity index (χ0v) is 13.7. The number of benzene rings is 1. The Balaban J connectivity index is 3.15. The van der Waals surface area contributed by atoms with Crippen LogP contribution in [0.2, 0.25) is 0 Å². The molecule has 0 saturated carbocycles. The van der Waals surface area contributed by atoms with Gasteiger partial charge in [0.15, 0.2) is 0 Å². The van der Waals surface area contributed by atoms with Crippen molar-refractivity contribution < 1.29 is 12.8 Å². The molecule has 0 heterocycles. The highest BCUT2D eigenvalue weighted by Gasteiger charge is 2.27. The average molecular weight is 317 g/mol. The number of halogens is 1. The third kappa shape index (κ3) is 4.74. The number of rotatable bonds is 8. The summed E-state index contributed by atoms with van der Waals surface area (Å²) in [6, 6.07) is 3.98. The number of sulfonamides is 1. The van der Waals surface area contributed by atoms with Crippen LogP contribution in [0.3, 0.4) is 0 Å². The van der Waals surface area contributed by atoms with Crippen molar-refractivity contribution in [2.24, 2.45) is 5.73 Å². The summed E-state index contributed by atoms with van der Waals surface area (Å²) in [6.07, 6.45) is 0.671. The smallest absolute Gasteiger partial charge is 0.246 e. The van der Waals surface area contributed by atoms with Crippen LogP contribution in [0.5, 0.6) is 0 Å². The Morgan fingerprint density at radius 1 is 1.19 bits per heavy atom. The van der Waals surface area contributed by atoms with Gasteiger partial charge < -0.3 is 10.6 Å². The van der Waals surface area contributed by atoms with Crippen LogP contribution in [0.1, 0.15) is 18.9 Å². The van der Waals surface area contributed by atoms with Gasteiger partial charge in [-0.2, -0.15) is 4.31 Å². The molecule has 1 rings (SSSR count). The second-order valence-electron chi connectivity index (χ2n) is 5.18. The molecule has 0 unspecified atom stereocenters. The number of likely N-dealkylation sites (N-methyl/N-ethyl adjacent to an activating group) is 1. The summed E-state index contributed by atoms with van der Waals surface area (Å²) in [5, 5.41) is 0. The molecular weight excluding hydrogens is 293 g/mol. The Hall–Kier alpha value is -1.02. The summed E-state index contributed by atoms with van der Waals surface area (Å²) in [6.45, 7) is 3.34. The number of hydrogen-bond donors (Lipinski definition) is 1. The molecule has 5 nitrogen and oxygen atoms in total. The van der Waals surface area contributed by atoms with Gasteiger partial charge in [0.25, 0.3) is 0 Å². The minimum atomic E-state index is -3.85. The topological polar surface area (TPSA) is 66.6 Å². The molecule has 0 radical (unpaired) electrons. The molecular formula is C14H24FN3O2S. The van der Waals surface area contributed by atoms with Crippen molar-refractivity contribution in [1.82, 2.24) is 9.21 Å². The lowest BCUT2D eigenvalue weighted by atomic mass is 10.2. The van der Waals surface area contributed by atoms with Gasteiger partial charge >= 0.3 is 0 Å². The van der Waals surface area contributed by atoms with Gasteiger partial charge in [-0.1, -0.05) is 13.0 Å². The van der Waals surface area contributed by atoms with Crippen LogP contribution < -0.4 is 5.73 Å². The fraction of sp³-hybridized carbons (Fsp3) is 0.571. The van der Waals surface area contributed by atoms with Gasteiger partial charge in [0.1, 0.15) is 10.7 Å². The predicted octanol–water partition coefficient (Wildman–Crippen LogP) is 1.25. The molecule has 1 aromatic carbocycles. The highest BCUT2D eigenvalue weighted by Crippen LogP contribution is 2.21. The van der Waals surface area contributed by atoms with E-state index in [0.29, 0.717) is 31.6 Å². The Morgan fingerprint density at radius 2 is 1.86 bits per heavy atom. The SMILES string of the molecule is CCCN(CCN(C)C)S(=O)(=O)c1cc(CN)ccc1F. The molecule has 0 amide bonds. The molecule has 2 N–H and O–H groups in total. The Bertz CT molecular complexity index is 561. The average Bonchev–Trinajstić information content (AvgIpc) is 2.43. The fourth-order valence-electron chi connectivity index (χ4n) is 1.92. The van der Waals surface area contributed by atoms with Gasteiger partial charge in [-0.05, 0) is 38.2 Å². The van der Waals surface area contributed by atoms with Crippen molar-refractivity contribution in [3.8, 4) is 0 Å². The van der Waals surface area contributed by atoms with Gasteiger partial charge in [-0.25, -0.2) is 12.8 Å². The first-order valence-corrected chi connectivity index (χ1v) is 8.40. The first kappa shape index (κ1) is 18.0. The Labute approximate surface area is 126 Å². The minimum Gasteiger partial charge on any atom is -0.326 e. The number of nitrogens with zero attached hydrogens (tertiary/aromatic N) is 2. The summed E-state index contributed by atoms with van der Waals surface area (Å²) >= 11 is 0. The van der Waals surface area contributed by atoms with Crippen LogP contribution in [0, 0.1) is 5.82 Å². The second kappa shape index (κ2) is 7.84. The zero-order chi connectivity index (χ0) is 16.0. The van der Waals surface area contributed by atoms with Crippen LogP contribution in [0.4, 0.5) is 4.39 Å². The summed E-state index contributed by atoms with van der Waals surface area (Å²) in [4.78, 5) is 1.60. The van der Waals surface area contributed by atoms with Crippen LogP contribution in [-0.2, 0) is 16.6 Å². The van der Waals surface area contributed by atoms with Crippen molar-refractivity contribution in [2.75, 3.05) is 33.7 Å². The van der Waals surface area contributed by atoms with E-state index in [-0.39, 0.29) is 11.4 Å². The van der Waals surface area contributed by atoms with E-state index in [1.165, 1.54) is 16.4 Å². The molecule has 0 bridgehead atoms. The van der Waals surface area contributed by atoms with E-state index in [1.807, 2.05) is 25.9 Å². The van der Waals surface area contributed by atoms with Gasteiger partial charge in [0, 0.05) is 26.2 Å². The summed E-state index contributed by atoms with van der Waals surface area (Å²) in [5.41, 5.74) is 6.10. The lowest BCUT2D eigenvalue weighted by Crippen LogP contribution is -2.37. The van der Waals surface area contributed by atoms with E-state index in [2.05, 4.69) is 0 Å². The van der Waals surface area contributed by atoms with Crippen molar-refractivity contribution in [3.63, 3.8) is 0 Å². The zero-order valence-electron chi connectivity index (χ0n) is 12.8. The fourth-order valence-corrected chi connectivity index (χ4v) is 3.56. The Morgan fingerprint density at radius 3 is 2.38 bits per heavy atom. The maximum atomic E-state index is 13.9. The van der Waals surface area contributed by atoms with Crippen molar-refractivity contribution >= 4 is 10.0 Å². The molecule has 0 atom stereocenters. The Kier molecular flexibility index (Phi) is 6.73. The van der Waals surface area contributed by atoms with E-state index in [4.69, 9.17) is 5.73 Å². The molecule has 0 aliphatic heterocycles. The normalized spacial score (nSPS) is 12.3. The molecule has 0 aliphatic carbocycles. The summed E-state index contributed by atoms with van der Waals surface area (Å²) in [7, 11) is -0.111. The quantitative estimate of drug-likeness (QED) is 0.783. The number of hydrogen-bond acceptors (Lipinski definition) is 4. The molecule has 1 aromatic rings. The molecule has 0 spiro atoms. The number of nitrogens with two attached hydrogens (primary N) is 1. The standard InChI is InChI=1S/C14H24FN3O2S/c1-4-7-18(9-8-17(2)3)21(19,20)14-10-12(11-16)5-6-13(14)15/h5-6,10H,4,7-9,11,16H2,1-3H3. The summed E-state index contributed by atoms with van der Waals surface area (Å²) < 4.78 is 40.6. The predicted molar refractivity (Wildman–Crippen MR) is 81.9 cm³/mol. The van der Waals surface area contributed by atoms with Gasteiger partial charge in [-0.15, -0.1) is 0 Å². The first-order chi connectivity index (χ1) is 9.82. The van der Waals surface area contributed by atoms with Gasteiger partial charge in [0.2, 0.25) is 10.0 Å². The van der Waals surface area contributed by atoms with Crippen LogP contribution in [-0.4, -0.2) is 51.4 Å². The van der Waals surface area contributed by atoms with Crippen molar-refractivity contribution in [1.29, 1.82) is 0 Å². The highest BCUT2D eigenvalue weighted by molar-refractivity contribution is 7.89. The molecule has 7 heteroatoms. The molecule has 0 aliphatic rings. The van der Waals surface area contributed by atoms with Gasteiger partial charge in [0.05, 0.1) is 0 Å². The van der Waals surface area contributed by atoms with Crippen molar-refractivity contribution in [3.05, 3.63) is 29.6 Å². The van der Waals surface area contributed by atoms with Crippen LogP contribution in [0.15, 0.2) is 23.1 Å². The maximum Gasteiger partial charge on any atom is 0.246 e. The molecule has 0 fully saturated rings. The van der Waals surface area contributed by atoms with E-state index < -0.39 is 15.8 Å². The van der Waals surface area contributed by atoms with E-state index in [0.717, 1.165) is 6.07 Å². The molecule has 21 heavy (non-hydrogen) atoms. The van der Waals surface area contributed by atoms with E-state index in [9.17, 15) is 12.8 Å². The van der Waals surface area contributed by atoms with Gasteiger partial charge in [-0.3, -0.25) is 0 Å². The minimum absolute atomic E-state index is 0.175.